The van der Waals surface area contributed by atoms with E-state index in [0.29, 0.717) is 11.3 Å². The Kier molecular flexibility index (Phi) is 3.29. The number of rotatable bonds is 1. The number of benzene rings is 2. The molecule has 21 heavy (non-hydrogen) atoms. The highest BCUT2D eigenvalue weighted by atomic mass is 19.1. The van der Waals surface area contributed by atoms with Crippen molar-refractivity contribution in [3.63, 3.8) is 0 Å². The monoisotopic (exact) mass is 282 g/mol. The van der Waals surface area contributed by atoms with Gasteiger partial charge >= 0.3 is 0 Å². The maximum atomic E-state index is 14.1. The summed E-state index contributed by atoms with van der Waals surface area (Å²) in [6.45, 7) is 3.69. The van der Waals surface area contributed by atoms with Crippen LogP contribution in [0.2, 0.25) is 0 Å². The molecule has 3 nitrogen and oxygen atoms in total. The molecule has 0 radical (unpaired) electrons. The molecular formula is C17H15FN2O. The second-order valence-electron chi connectivity index (χ2n) is 5.17. The van der Waals surface area contributed by atoms with Crippen LogP contribution in [-0.2, 0) is 4.79 Å². The number of aryl methyl sites for hydroxylation is 1. The van der Waals surface area contributed by atoms with Gasteiger partial charge in [0.2, 0.25) is 5.91 Å². The summed E-state index contributed by atoms with van der Waals surface area (Å²) in [5, 5.41) is 2.63. The first-order valence-electron chi connectivity index (χ1n) is 6.81. The molecule has 4 heteroatoms. The zero-order chi connectivity index (χ0) is 15.0. The zero-order valence-corrected chi connectivity index (χ0v) is 11.9. The zero-order valence-electron chi connectivity index (χ0n) is 11.9. The number of amides is 1. The SMILES string of the molecule is Cc1cccc(C2=NC(C)C(=O)Nc3c(F)cccc32)c1. The molecule has 0 saturated carbocycles. The van der Waals surface area contributed by atoms with Crippen molar-refractivity contribution in [3.8, 4) is 0 Å². The molecule has 1 aliphatic heterocycles. The third kappa shape index (κ3) is 2.44. The highest BCUT2D eigenvalue weighted by molar-refractivity contribution is 6.19. The van der Waals surface area contributed by atoms with E-state index in [4.69, 9.17) is 0 Å². The van der Waals surface area contributed by atoms with Gasteiger partial charge in [-0.1, -0.05) is 35.9 Å². The largest absolute Gasteiger partial charge is 0.321 e. The molecule has 1 heterocycles. The molecule has 0 aliphatic carbocycles. The van der Waals surface area contributed by atoms with Gasteiger partial charge < -0.3 is 5.32 Å². The molecule has 2 aromatic rings. The van der Waals surface area contributed by atoms with Crippen LogP contribution >= 0.6 is 0 Å². The number of fused-ring (bicyclic) bond motifs is 1. The second-order valence-corrected chi connectivity index (χ2v) is 5.17. The van der Waals surface area contributed by atoms with Crippen LogP contribution in [0.3, 0.4) is 0 Å². The number of anilines is 1. The van der Waals surface area contributed by atoms with E-state index in [-0.39, 0.29) is 11.6 Å². The van der Waals surface area contributed by atoms with Gasteiger partial charge in [0, 0.05) is 11.1 Å². The molecule has 0 bridgehead atoms. The van der Waals surface area contributed by atoms with Crippen molar-refractivity contribution in [2.24, 2.45) is 4.99 Å². The number of para-hydroxylation sites is 1. The fourth-order valence-electron chi connectivity index (χ4n) is 2.42. The van der Waals surface area contributed by atoms with Crippen LogP contribution in [0.15, 0.2) is 47.5 Å². The van der Waals surface area contributed by atoms with Gasteiger partial charge in [-0.05, 0) is 26.0 Å². The topological polar surface area (TPSA) is 41.5 Å². The van der Waals surface area contributed by atoms with E-state index in [9.17, 15) is 9.18 Å². The summed E-state index contributed by atoms with van der Waals surface area (Å²) in [6, 6.07) is 12.0. The van der Waals surface area contributed by atoms with Gasteiger partial charge in [0.25, 0.3) is 0 Å². The maximum Gasteiger partial charge on any atom is 0.248 e. The predicted octanol–water partition coefficient (Wildman–Crippen LogP) is 3.31. The number of nitrogens with one attached hydrogen (secondary N) is 1. The van der Waals surface area contributed by atoms with E-state index in [1.165, 1.54) is 6.07 Å². The van der Waals surface area contributed by atoms with Crippen molar-refractivity contribution < 1.29 is 9.18 Å². The number of carbonyl (C=O) groups is 1. The summed E-state index contributed by atoms with van der Waals surface area (Å²) in [7, 11) is 0. The Balaban J connectivity index is 2.25. The Morgan fingerprint density at radius 1 is 1.19 bits per heavy atom. The first-order chi connectivity index (χ1) is 10.1. The normalized spacial score (nSPS) is 17.6. The first kappa shape index (κ1) is 13.5. The number of hydrogen-bond acceptors (Lipinski definition) is 2. The summed E-state index contributed by atoms with van der Waals surface area (Å²) < 4.78 is 14.1. The molecule has 1 N–H and O–H groups in total. The van der Waals surface area contributed by atoms with Crippen molar-refractivity contribution in [2.75, 3.05) is 5.32 Å². The van der Waals surface area contributed by atoms with Crippen molar-refractivity contribution in [1.82, 2.24) is 0 Å². The lowest BCUT2D eigenvalue weighted by Crippen LogP contribution is -2.22. The third-order valence-corrected chi connectivity index (χ3v) is 3.51. The molecule has 1 amide bonds. The average Bonchev–Trinajstić information content (AvgIpc) is 2.58. The third-order valence-electron chi connectivity index (χ3n) is 3.51. The van der Waals surface area contributed by atoms with Crippen LogP contribution in [0.5, 0.6) is 0 Å². The van der Waals surface area contributed by atoms with Crippen molar-refractivity contribution in [3.05, 3.63) is 65.0 Å². The Morgan fingerprint density at radius 3 is 2.71 bits per heavy atom. The Labute approximate surface area is 122 Å². The molecule has 0 spiro atoms. The van der Waals surface area contributed by atoms with E-state index in [0.717, 1.165) is 11.1 Å². The van der Waals surface area contributed by atoms with Gasteiger partial charge in [0.05, 0.1) is 11.4 Å². The fourth-order valence-corrected chi connectivity index (χ4v) is 2.42. The lowest BCUT2D eigenvalue weighted by Gasteiger charge is -2.11. The minimum atomic E-state index is -0.563. The molecule has 0 fully saturated rings. The molecule has 2 aromatic carbocycles. The number of benzodiazepines with no additional fused rings is 1. The number of carbonyl (C=O) groups excluding carboxylic acids is 1. The quantitative estimate of drug-likeness (QED) is 0.856. The second kappa shape index (κ2) is 5.13. The van der Waals surface area contributed by atoms with E-state index in [2.05, 4.69) is 10.3 Å². The highest BCUT2D eigenvalue weighted by Crippen LogP contribution is 2.27. The Bertz CT molecular complexity index is 752. The molecule has 0 saturated heterocycles. The summed E-state index contributed by atoms with van der Waals surface area (Å²) in [5.41, 5.74) is 3.42. The molecule has 106 valence electrons. The van der Waals surface area contributed by atoms with Crippen molar-refractivity contribution in [2.45, 2.75) is 19.9 Å². The van der Waals surface area contributed by atoms with Crippen molar-refractivity contribution in [1.29, 1.82) is 0 Å². The van der Waals surface area contributed by atoms with Gasteiger partial charge in [-0.3, -0.25) is 9.79 Å². The Morgan fingerprint density at radius 2 is 1.95 bits per heavy atom. The summed E-state index contributed by atoms with van der Waals surface area (Å²) >= 11 is 0. The van der Waals surface area contributed by atoms with Crippen LogP contribution in [0.1, 0.15) is 23.6 Å². The molecule has 0 aromatic heterocycles. The summed E-state index contributed by atoms with van der Waals surface area (Å²) in [4.78, 5) is 16.5. The molecular weight excluding hydrogens is 267 g/mol. The van der Waals surface area contributed by atoms with E-state index >= 15 is 0 Å². The van der Waals surface area contributed by atoms with E-state index in [1.54, 1.807) is 19.1 Å². The number of hydrogen-bond donors (Lipinski definition) is 1. The van der Waals surface area contributed by atoms with Crippen LogP contribution < -0.4 is 5.32 Å². The van der Waals surface area contributed by atoms with Gasteiger partial charge in [-0.25, -0.2) is 4.39 Å². The van der Waals surface area contributed by atoms with Crippen LogP contribution in [0, 0.1) is 12.7 Å². The molecule has 3 rings (SSSR count). The van der Waals surface area contributed by atoms with Crippen molar-refractivity contribution >= 4 is 17.3 Å². The maximum absolute atomic E-state index is 14.1. The van der Waals surface area contributed by atoms with Gasteiger partial charge in [-0.2, -0.15) is 0 Å². The van der Waals surface area contributed by atoms with E-state index in [1.807, 2.05) is 31.2 Å². The summed E-state index contributed by atoms with van der Waals surface area (Å²) in [6.07, 6.45) is 0. The van der Waals surface area contributed by atoms with Crippen LogP contribution in [-0.4, -0.2) is 17.7 Å². The number of aliphatic imine (C=N–C) groups is 1. The minimum Gasteiger partial charge on any atom is -0.321 e. The minimum absolute atomic E-state index is 0.201. The highest BCUT2D eigenvalue weighted by Gasteiger charge is 2.24. The van der Waals surface area contributed by atoms with Gasteiger partial charge in [0.1, 0.15) is 11.9 Å². The van der Waals surface area contributed by atoms with E-state index < -0.39 is 11.9 Å². The molecule has 1 unspecified atom stereocenters. The van der Waals surface area contributed by atoms with Gasteiger partial charge in [-0.15, -0.1) is 0 Å². The first-order valence-corrected chi connectivity index (χ1v) is 6.81. The smallest absolute Gasteiger partial charge is 0.248 e. The Hall–Kier alpha value is -2.49. The number of halogens is 1. The summed E-state index contributed by atoms with van der Waals surface area (Å²) in [5.74, 6) is -0.751. The van der Waals surface area contributed by atoms with Gasteiger partial charge in [0.15, 0.2) is 0 Å². The lowest BCUT2D eigenvalue weighted by molar-refractivity contribution is -0.116. The number of nitrogens with zero attached hydrogens (tertiary/aromatic N) is 1. The average molecular weight is 282 g/mol. The fraction of sp³-hybridized carbons (Fsp3) is 0.176. The lowest BCUT2D eigenvalue weighted by atomic mass is 9.99. The molecule has 1 aliphatic rings. The predicted molar refractivity (Wildman–Crippen MR) is 81.3 cm³/mol. The standard InChI is InChI=1S/C17H15FN2O/c1-10-5-3-6-12(9-10)15-13-7-4-8-14(18)16(13)20-17(21)11(2)19-15/h3-9,11H,1-2H3,(H,20,21). The van der Waals surface area contributed by atoms with Crippen LogP contribution in [0.25, 0.3) is 0 Å². The van der Waals surface area contributed by atoms with Crippen LogP contribution in [0.4, 0.5) is 10.1 Å². The molecule has 1 atom stereocenters.